The van der Waals surface area contributed by atoms with Gasteiger partial charge in [0, 0.05) is 23.7 Å². The van der Waals surface area contributed by atoms with Gasteiger partial charge in [0.1, 0.15) is 18.1 Å². The molecular weight excluding hydrogens is 379 g/mol. The van der Waals surface area contributed by atoms with Crippen LogP contribution in [0.15, 0.2) is 36.4 Å². The number of halogens is 2. The normalized spacial score (nSPS) is 12.8. The summed E-state index contributed by atoms with van der Waals surface area (Å²) in [5.74, 6) is 0.512. The zero-order valence-corrected chi connectivity index (χ0v) is 15.4. The number of carbonyl (C=O) groups excluding carboxylic acids is 2. The minimum absolute atomic E-state index is 0.0559. The van der Waals surface area contributed by atoms with Crippen molar-refractivity contribution >= 4 is 46.4 Å². The molecule has 0 saturated carbocycles. The molecule has 1 aliphatic heterocycles. The Morgan fingerprint density at radius 2 is 2.04 bits per heavy atom. The zero-order valence-electron chi connectivity index (χ0n) is 13.9. The van der Waals surface area contributed by atoms with Gasteiger partial charge < -0.3 is 19.7 Å². The van der Waals surface area contributed by atoms with Crippen LogP contribution < -0.4 is 19.7 Å². The lowest BCUT2D eigenvalue weighted by atomic mass is 10.2. The molecule has 3 rings (SSSR count). The number of hydrogen-bond acceptors (Lipinski definition) is 4. The van der Waals surface area contributed by atoms with E-state index < -0.39 is 0 Å². The SMILES string of the molecule is CC(=O)N1CCOc2cc(NC(=O)COc3ccc(Cl)cc3Cl)ccc21. The van der Waals surface area contributed by atoms with Crippen LogP contribution in [0.2, 0.25) is 10.0 Å². The third-order valence-electron chi connectivity index (χ3n) is 3.74. The molecule has 0 aromatic heterocycles. The van der Waals surface area contributed by atoms with E-state index in [9.17, 15) is 9.59 Å². The first-order chi connectivity index (χ1) is 12.4. The fraction of sp³-hybridized carbons (Fsp3) is 0.222. The fourth-order valence-electron chi connectivity index (χ4n) is 2.56. The van der Waals surface area contributed by atoms with Gasteiger partial charge in [-0.05, 0) is 30.3 Å². The van der Waals surface area contributed by atoms with E-state index in [0.29, 0.717) is 46.1 Å². The third-order valence-corrected chi connectivity index (χ3v) is 4.27. The van der Waals surface area contributed by atoms with Crippen molar-refractivity contribution < 1.29 is 19.1 Å². The van der Waals surface area contributed by atoms with Gasteiger partial charge in [-0.2, -0.15) is 0 Å². The van der Waals surface area contributed by atoms with E-state index in [1.54, 1.807) is 35.2 Å². The van der Waals surface area contributed by atoms with E-state index in [1.807, 2.05) is 0 Å². The van der Waals surface area contributed by atoms with Crippen LogP contribution in [0, 0.1) is 0 Å². The highest BCUT2D eigenvalue weighted by Gasteiger charge is 2.21. The Bertz CT molecular complexity index is 857. The predicted molar refractivity (Wildman–Crippen MR) is 101 cm³/mol. The average molecular weight is 395 g/mol. The zero-order chi connectivity index (χ0) is 18.7. The maximum absolute atomic E-state index is 12.1. The summed E-state index contributed by atoms with van der Waals surface area (Å²) in [5, 5.41) is 3.54. The lowest BCUT2D eigenvalue weighted by Gasteiger charge is -2.29. The molecule has 2 amide bonds. The van der Waals surface area contributed by atoms with Crippen LogP contribution in [0.3, 0.4) is 0 Å². The molecule has 0 bridgehead atoms. The van der Waals surface area contributed by atoms with Crippen molar-refractivity contribution in [3.63, 3.8) is 0 Å². The third kappa shape index (κ3) is 4.20. The second-order valence-corrected chi connectivity index (χ2v) is 6.46. The van der Waals surface area contributed by atoms with Gasteiger partial charge in [-0.25, -0.2) is 0 Å². The van der Waals surface area contributed by atoms with Crippen LogP contribution >= 0.6 is 23.2 Å². The number of fused-ring (bicyclic) bond motifs is 1. The number of rotatable bonds is 4. The minimum Gasteiger partial charge on any atom is -0.489 e. The molecule has 2 aromatic rings. The first-order valence-corrected chi connectivity index (χ1v) is 8.62. The first-order valence-electron chi connectivity index (χ1n) is 7.86. The Balaban J connectivity index is 1.63. The van der Waals surface area contributed by atoms with Crippen LogP contribution in [0.5, 0.6) is 11.5 Å². The number of benzene rings is 2. The second kappa shape index (κ2) is 7.85. The van der Waals surface area contributed by atoms with Crippen molar-refractivity contribution in [2.45, 2.75) is 6.92 Å². The predicted octanol–water partition coefficient (Wildman–Crippen LogP) is 3.76. The van der Waals surface area contributed by atoms with Gasteiger partial charge in [-0.3, -0.25) is 9.59 Å². The summed E-state index contributed by atoms with van der Waals surface area (Å²) < 4.78 is 11.0. The largest absolute Gasteiger partial charge is 0.489 e. The molecule has 6 nitrogen and oxygen atoms in total. The van der Waals surface area contributed by atoms with Gasteiger partial charge in [0.05, 0.1) is 17.3 Å². The number of nitrogens with zero attached hydrogens (tertiary/aromatic N) is 1. The summed E-state index contributed by atoms with van der Waals surface area (Å²) in [6.07, 6.45) is 0. The Morgan fingerprint density at radius 1 is 1.23 bits per heavy atom. The molecule has 1 aliphatic rings. The molecule has 1 heterocycles. The fourth-order valence-corrected chi connectivity index (χ4v) is 3.02. The lowest BCUT2D eigenvalue weighted by Crippen LogP contribution is -2.36. The summed E-state index contributed by atoms with van der Waals surface area (Å²) in [5.41, 5.74) is 1.23. The number of ether oxygens (including phenoxy) is 2. The number of carbonyl (C=O) groups is 2. The topological polar surface area (TPSA) is 67.9 Å². The Labute approximate surface area is 160 Å². The minimum atomic E-state index is -0.352. The number of hydrogen-bond donors (Lipinski definition) is 1. The van der Waals surface area contributed by atoms with Crippen molar-refractivity contribution in [2.24, 2.45) is 0 Å². The van der Waals surface area contributed by atoms with E-state index in [0.717, 1.165) is 0 Å². The summed E-state index contributed by atoms with van der Waals surface area (Å²) >= 11 is 11.8. The first kappa shape index (κ1) is 18.4. The molecule has 0 aliphatic carbocycles. The van der Waals surface area contributed by atoms with Crippen molar-refractivity contribution in [1.29, 1.82) is 0 Å². The van der Waals surface area contributed by atoms with Crippen molar-refractivity contribution in [3.8, 4) is 11.5 Å². The van der Waals surface area contributed by atoms with Gasteiger partial charge in [0.2, 0.25) is 5.91 Å². The highest BCUT2D eigenvalue weighted by Crippen LogP contribution is 2.34. The monoisotopic (exact) mass is 394 g/mol. The molecule has 0 spiro atoms. The molecular formula is C18H16Cl2N2O4. The van der Waals surface area contributed by atoms with Crippen LogP contribution in [-0.2, 0) is 9.59 Å². The van der Waals surface area contributed by atoms with Crippen molar-refractivity contribution in [2.75, 3.05) is 30.0 Å². The molecule has 26 heavy (non-hydrogen) atoms. The van der Waals surface area contributed by atoms with Crippen LogP contribution in [0.1, 0.15) is 6.92 Å². The van der Waals surface area contributed by atoms with E-state index in [-0.39, 0.29) is 18.4 Å². The molecule has 0 fully saturated rings. The summed E-state index contributed by atoms with van der Waals surface area (Å²) in [4.78, 5) is 25.4. The number of anilines is 2. The molecule has 0 atom stereocenters. The summed E-state index contributed by atoms with van der Waals surface area (Å²) in [6.45, 7) is 2.20. The smallest absolute Gasteiger partial charge is 0.262 e. The highest BCUT2D eigenvalue weighted by atomic mass is 35.5. The van der Waals surface area contributed by atoms with E-state index in [4.69, 9.17) is 32.7 Å². The quantitative estimate of drug-likeness (QED) is 0.856. The second-order valence-electron chi connectivity index (χ2n) is 5.61. The average Bonchev–Trinajstić information content (AvgIpc) is 2.60. The van der Waals surface area contributed by atoms with Crippen LogP contribution in [0.25, 0.3) is 0 Å². The molecule has 0 radical (unpaired) electrons. The van der Waals surface area contributed by atoms with E-state index in [1.165, 1.54) is 13.0 Å². The van der Waals surface area contributed by atoms with Crippen LogP contribution in [-0.4, -0.2) is 31.6 Å². The molecule has 0 saturated heterocycles. The Kier molecular flexibility index (Phi) is 5.54. The van der Waals surface area contributed by atoms with Gasteiger partial charge in [-0.15, -0.1) is 0 Å². The molecule has 0 unspecified atom stereocenters. The summed E-state index contributed by atoms with van der Waals surface area (Å²) in [6, 6.07) is 9.89. The van der Waals surface area contributed by atoms with Crippen molar-refractivity contribution in [3.05, 3.63) is 46.4 Å². The molecule has 136 valence electrons. The van der Waals surface area contributed by atoms with Gasteiger partial charge in [0.15, 0.2) is 6.61 Å². The summed E-state index contributed by atoms with van der Waals surface area (Å²) in [7, 11) is 0. The Hall–Kier alpha value is -2.44. The number of amides is 2. The van der Waals surface area contributed by atoms with E-state index >= 15 is 0 Å². The van der Waals surface area contributed by atoms with Gasteiger partial charge in [0.25, 0.3) is 5.91 Å². The van der Waals surface area contributed by atoms with Crippen LogP contribution in [0.4, 0.5) is 11.4 Å². The Morgan fingerprint density at radius 3 is 2.77 bits per heavy atom. The highest BCUT2D eigenvalue weighted by molar-refractivity contribution is 6.35. The lowest BCUT2D eigenvalue weighted by molar-refractivity contribution is -0.118. The van der Waals surface area contributed by atoms with Gasteiger partial charge in [-0.1, -0.05) is 23.2 Å². The maximum atomic E-state index is 12.1. The van der Waals surface area contributed by atoms with Gasteiger partial charge >= 0.3 is 0 Å². The maximum Gasteiger partial charge on any atom is 0.262 e. The standard InChI is InChI=1S/C18H16Cl2N2O4/c1-11(23)22-6-7-25-17-9-13(3-4-15(17)22)21-18(24)10-26-16-5-2-12(19)8-14(16)20/h2-5,8-9H,6-7,10H2,1H3,(H,21,24). The number of nitrogens with one attached hydrogen (secondary N) is 1. The molecule has 1 N–H and O–H groups in total. The van der Waals surface area contributed by atoms with Crippen molar-refractivity contribution in [1.82, 2.24) is 0 Å². The molecule has 2 aromatic carbocycles. The molecule has 8 heteroatoms. The van der Waals surface area contributed by atoms with E-state index in [2.05, 4.69) is 5.32 Å².